The maximum atomic E-state index is 12.0. The Hall–Kier alpha value is -1.76. The molecule has 5 nitrogen and oxygen atoms in total. The first-order chi connectivity index (χ1) is 10.8. The summed E-state index contributed by atoms with van der Waals surface area (Å²) < 4.78 is 0. The molecule has 116 valence electrons. The highest BCUT2D eigenvalue weighted by molar-refractivity contribution is 7.09. The van der Waals surface area contributed by atoms with E-state index in [4.69, 9.17) is 0 Å². The fourth-order valence-electron chi connectivity index (χ4n) is 2.57. The Morgan fingerprint density at radius 2 is 1.86 bits per heavy atom. The number of carbonyl (C=O) groups is 1. The summed E-state index contributed by atoms with van der Waals surface area (Å²) in [5.41, 5.74) is 0.802. The molecule has 3 heterocycles. The van der Waals surface area contributed by atoms with E-state index in [1.54, 1.807) is 35.9 Å². The zero-order valence-corrected chi connectivity index (χ0v) is 13.3. The molecule has 0 bridgehead atoms. The Labute approximate surface area is 134 Å². The van der Waals surface area contributed by atoms with E-state index in [1.807, 2.05) is 0 Å². The van der Waals surface area contributed by atoms with Crippen molar-refractivity contribution in [2.24, 2.45) is 0 Å². The summed E-state index contributed by atoms with van der Waals surface area (Å²) in [5, 5.41) is 5.02. The quantitative estimate of drug-likeness (QED) is 0.915. The van der Waals surface area contributed by atoms with Gasteiger partial charge in [-0.1, -0.05) is 6.07 Å². The van der Waals surface area contributed by atoms with E-state index in [9.17, 15) is 4.79 Å². The third kappa shape index (κ3) is 4.37. The summed E-state index contributed by atoms with van der Waals surface area (Å²) in [6, 6.07) is 7.88. The number of hydrogen-bond acceptors (Lipinski definition) is 5. The average molecular weight is 316 g/mol. The van der Waals surface area contributed by atoms with Gasteiger partial charge in [-0.3, -0.25) is 19.6 Å². The van der Waals surface area contributed by atoms with E-state index in [0.29, 0.717) is 6.54 Å². The van der Waals surface area contributed by atoms with E-state index < -0.39 is 0 Å². The molecule has 0 atom stereocenters. The molecule has 0 spiro atoms. The number of amides is 1. The number of rotatable bonds is 5. The largest absolute Gasteiger partial charge is 0.325 e. The Balaban J connectivity index is 1.41. The summed E-state index contributed by atoms with van der Waals surface area (Å²) >= 11 is 1.80. The molecule has 1 aliphatic heterocycles. The van der Waals surface area contributed by atoms with Gasteiger partial charge in [-0.15, -0.1) is 11.3 Å². The smallest absolute Gasteiger partial charge is 0.238 e. The standard InChI is InChI=1S/C16H20N4OS/c21-16(18-14-3-5-17-6-4-14)13-20-9-7-19(8-10-20)12-15-2-1-11-22-15/h1-6,11H,7-10,12-13H2,(H,17,18,21). The van der Waals surface area contributed by atoms with Crippen molar-refractivity contribution in [3.8, 4) is 0 Å². The number of aromatic nitrogens is 1. The van der Waals surface area contributed by atoms with Crippen LogP contribution in [0, 0.1) is 0 Å². The lowest BCUT2D eigenvalue weighted by molar-refractivity contribution is -0.117. The molecule has 1 aliphatic rings. The number of nitrogens with one attached hydrogen (secondary N) is 1. The van der Waals surface area contributed by atoms with Gasteiger partial charge >= 0.3 is 0 Å². The number of hydrogen-bond donors (Lipinski definition) is 1. The lowest BCUT2D eigenvalue weighted by atomic mass is 10.3. The lowest BCUT2D eigenvalue weighted by Gasteiger charge is -2.34. The molecular weight excluding hydrogens is 296 g/mol. The SMILES string of the molecule is O=C(CN1CCN(Cc2cccs2)CC1)Nc1ccncc1. The third-order valence-electron chi connectivity index (χ3n) is 3.76. The second kappa shape index (κ2) is 7.49. The van der Waals surface area contributed by atoms with Gasteiger partial charge < -0.3 is 5.32 Å². The molecule has 0 aliphatic carbocycles. The molecule has 1 saturated heterocycles. The molecule has 0 saturated carbocycles. The van der Waals surface area contributed by atoms with E-state index in [2.05, 4.69) is 37.6 Å². The van der Waals surface area contributed by atoms with Crippen molar-refractivity contribution in [2.75, 3.05) is 38.0 Å². The number of pyridine rings is 1. The van der Waals surface area contributed by atoms with Gasteiger partial charge in [-0.2, -0.15) is 0 Å². The first kappa shape index (κ1) is 15.1. The van der Waals surface area contributed by atoms with Crippen molar-refractivity contribution in [1.82, 2.24) is 14.8 Å². The van der Waals surface area contributed by atoms with E-state index >= 15 is 0 Å². The Kier molecular flexibility index (Phi) is 5.15. The summed E-state index contributed by atoms with van der Waals surface area (Å²) in [6.45, 7) is 5.38. The summed E-state index contributed by atoms with van der Waals surface area (Å²) in [7, 11) is 0. The van der Waals surface area contributed by atoms with Gasteiger partial charge in [-0.25, -0.2) is 0 Å². The summed E-state index contributed by atoms with van der Waals surface area (Å²) in [6.07, 6.45) is 3.36. The highest BCUT2D eigenvalue weighted by Gasteiger charge is 2.19. The molecule has 0 aromatic carbocycles. The minimum atomic E-state index is 0.0397. The average Bonchev–Trinajstić information content (AvgIpc) is 3.03. The van der Waals surface area contributed by atoms with Gasteiger partial charge in [0.1, 0.15) is 0 Å². The number of piperazine rings is 1. The molecule has 1 N–H and O–H groups in total. The van der Waals surface area contributed by atoms with Gasteiger partial charge in [0.25, 0.3) is 0 Å². The highest BCUT2D eigenvalue weighted by atomic mass is 32.1. The number of anilines is 1. The van der Waals surface area contributed by atoms with Gasteiger partial charge in [0.15, 0.2) is 0 Å². The topological polar surface area (TPSA) is 48.5 Å². The van der Waals surface area contributed by atoms with E-state index in [0.717, 1.165) is 38.4 Å². The van der Waals surface area contributed by atoms with Gasteiger partial charge in [-0.05, 0) is 23.6 Å². The Morgan fingerprint density at radius 1 is 1.14 bits per heavy atom. The van der Waals surface area contributed by atoms with Crippen LogP contribution in [0.2, 0.25) is 0 Å². The van der Waals surface area contributed by atoms with Crippen molar-refractivity contribution in [3.05, 3.63) is 46.9 Å². The predicted octanol–water partition coefficient (Wildman–Crippen LogP) is 1.90. The molecule has 0 radical (unpaired) electrons. The molecule has 1 amide bonds. The number of carbonyl (C=O) groups excluding carboxylic acids is 1. The van der Waals surface area contributed by atoms with Gasteiger partial charge in [0, 0.05) is 55.7 Å². The predicted molar refractivity (Wildman–Crippen MR) is 88.9 cm³/mol. The zero-order chi connectivity index (χ0) is 15.2. The molecule has 1 fully saturated rings. The maximum absolute atomic E-state index is 12.0. The minimum Gasteiger partial charge on any atom is -0.325 e. The fraction of sp³-hybridized carbons (Fsp3) is 0.375. The third-order valence-corrected chi connectivity index (χ3v) is 4.62. The molecular formula is C16H20N4OS. The van der Waals surface area contributed by atoms with Crippen LogP contribution < -0.4 is 5.32 Å². The second-order valence-corrected chi connectivity index (χ2v) is 6.45. The maximum Gasteiger partial charge on any atom is 0.238 e. The summed E-state index contributed by atoms with van der Waals surface area (Å²) in [4.78, 5) is 22.0. The van der Waals surface area contributed by atoms with E-state index in [-0.39, 0.29) is 5.91 Å². The monoisotopic (exact) mass is 316 g/mol. The normalized spacial score (nSPS) is 16.5. The molecule has 3 rings (SSSR count). The van der Waals surface area contributed by atoms with Crippen molar-refractivity contribution >= 4 is 22.9 Å². The van der Waals surface area contributed by atoms with Gasteiger partial charge in [0.2, 0.25) is 5.91 Å². The first-order valence-corrected chi connectivity index (χ1v) is 8.34. The van der Waals surface area contributed by atoms with Crippen LogP contribution in [-0.4, -0.2) is 53.4 Å². The van der Waals surface area contributed by atoms with Crippen LogP contribution in [0.1, 0.15) is 4.88 Å². The summed E-state index contributed by atoms with van der Waals surface area (Å²) in [5.74, 6) is 0.0397. The Morgan fingerprint density at radius 3 is 2.55 bits per heavy atom. The van der Waals surface area contributed by atoms with Crippen molar-refractivity contribution < 1.29 is 4.79 Å². The number of thiophene rings is 1. The van der Waals surface area contributed by atoms with Crippen molar-refractivity contribution in [2.45, 2.75) is 6.54 Å². The van der Waals surface area contributed by atoms with Crippen LogP contribution in [0.25, 0.3) is 0 Å². The first-order valence-electron chi connectivity index (χ1n) is 7.46. The molecule has 2 aromatic heterocycles. The molecule has 22 heavy (non-hydrogen) atoms. The Bertz CT molecular complexity index is 579. The highest BCUT2D eigenvalue weighted by Crippen LogP contribution is 2.13. The van der Waals surface area contributed by atoms with Crippen LogP contribution in [0.4, 0.5) is 5.69 Å². The van der Waals surface area contributed by atoms with Crippen LogP contribution in [0.3, 0.4) is 0 Å². The van der Waals surface area contributed by atoms with Crippen LogP contribution in [0.15, 0.2) is 42.0 Å². The van der Waals surface area contributed by atoms with Gasteiger partial charge in [0.05, 0.1) is 6.54 Å². The van der Waals surface area contributed by atoms with Crippen LogP contribution >= 0.6 is 11.3 Å². The second-order valence-electron chi connectivity index (χ2n) is 5.42. The lowest BCUT2D eigenvalue weighted by Crippen LogP contribution is -2.48. The number of nitrogens with zero attached hydrogens (tertiary/aromatic N) is 3. The molecule has 0 unspecified atom stereocenters. The van der Waals surface area contributed by atoms with Crippen molar-refractivity contribution in [3.63, 3.8) is 0 Å². The van der Waals surface area contributed by atoms with E-state index in [1.165, 1.54) is 4.88 Å². The molecule has 6 heteroatoms. The van der Waals surface area contributed by atoms with Crippen LogP contribution in [-0.2, 0) is 11.3 Å². The fourth-order valence-corrected chi connectivity index (χ4v) is 3.31. The van der Waals surface area contributed by atoms with Crippen molar-refractivity contribution in [1.29, 1.82) is 0 Å². The minimum absolute atomic E-state index is 0.0397. The zero-order valence-electron chi connectivity index (χ0n) is 12.4. The van der Waals surface area contributed by atoms with Crippen LogP contribution in [0.5, 0.6) is 0 Å². The molecule has 2 aromatic rings.